The minimum absolute atomic E-state index is 0.224. The molecule has 1 N–H and O–H groups in total. The Bertz CT molecular complexity index is 1210. The van der Waals surface area contributed by atoms with Crippen LogP contribution >= 0.6 is 0 Å². The number of aromatic hydroxyl groups is 1. The molecule has 0 saturated carbocycles. The van der Waals surface area contributed by atoms with Gasteiger partial charge in [0.25, 0.3) is 0 Å². The first-order valence-corrected chi connectivity index (χ1v) is 15.5. The molecule has 0 radical (unpaired) electrons. The molecule has 1 aliphatic rings. The van der Waals surface area contributed by atoms with Gasteiger partial charge in [-0.3, -0.25) is 0 Å². The highest BCUT2D eigenvalue weighted by atomic mass is 32.2. The minimum Gasteiger partial charge on any atom is -0.508 e. The first kappa shape index (κ1) is 31.1. The molecule has 0 unspecified atom stereocenters. The highest BCUT2D eigenvalue weighted by Gasteiger charge is 2.29. The number of nitrogens with zero attached hydrogens (tertiary/aromatic N) is 1. The number of phenolic OH excluding ortho intramolecular Hbond substituents is 1. The second-order valence-electron chi connectivity index (χ2n) is 10.5. The number of phenols is 1. The lowest BCUT2D eigenvalue weighted by atomic mass is 9.89. The molecular weight excluding hydrogens is 530 g/mol. The summed E-state index contributed by atoms with van der Waals surface area (Å²) in [6, 6.07) is 12.2. The van der Waals surface area contributed by atoms with Crippen molar-refractivity contribution in [3.63, 3.8) is 0 Å². The number of benzene rings is 2. The van der Waals surface area contributed by atoms with Crippen molar-refractivity contribution in [3.8, 4) is 5.75 Å². The highest BCUT2D eigenvalue weighted by molar-refractivity contribution is 7.91. The fourth-order valence-electron chi connectivity index (χ4n) is 5.18. The molecule has 0 spiro atoms. The largest absolute Gasteiger partial charge is 0.508 e. The molecule has 216 valence electrons. The van der Waals surface area contributed by atoms with Gasteiger partial charge in [-0.05, 0) is 117 Å². The lowest BCUT2D eigenvalue weighted by molar-refractivity contribution is -0.129. The molecule has 39 heavy (non-hydrogen) atoms. The minimum atomic E-state index is -4.45. The monoisotopic (exact) mass is 569 g/mol. The van der Waals surface area contributed by atoms with E-state index in [-0.39, 0.29) is 17.3 Å². The van der Waals surface area contributed by atoms with E-state index in [9.17, 15) is 31.1 Å². The van der Waals surface area contributed by atoms with E-state index in [1.807, 2.05) is 36.2 Å². The van der Waals surface area contributed by atoms with Crippen LogP contribution < -0.4 is 0 Å². The van der Waals surface area contributed by atoms with Gasteiger partial charge in [-0.1, -0.05) is 31.0 Å². The number of rotatable bonds is 14. The molecule has 4 nitrogen and oxygen atoms in total. The van der Waals surface area contributed by atoms with Crippen LogP contribution in [0.2, 0.25) is 0 Å². The first-order chi connectivity index (χ1) is 18.4. The van der Waals surface area contributed by atoms with Crippen LogP contribution in [0.4, 0.5) is 17.6 Å². The number of aryl methyl sites for hydroxylation is 1. The normalized spacial score (nSPS) is 14.5. The maximum Gasteiger partial charge on any atom is 0.390 e. The van der Waals surface area contributed by atoms with Crippen LogP contribution in [0.1, 0.15) is 74.5 Å². The topological polar surface area (TPSA) is 57.6 Å². The highest BCUT2D eigenvalue weighted by Crippen LogP contribution is 2.39. The van der Waals surface area contributed by atoms with Gasteiger partial charge in [0.15, 0.2) is 9.84 Å². The van der Waals surface area contributed by atoms with Gasteiger partial charge in [-0.2, -0.15) is 13.2 Å². The number of sulfone groups is 1. The summed E-state index contributed by atoms with van der Waals surface area (Å²) in [5.41, 5.74) is 5.84. The lowest BCUT2D eigenvalue weighted by Crippen LogP contribution is -2.24. The maximum absolute atomic E-state index is 13.6. The van der Waals surface area contributed by atoms with Crippen LogP contribution in [0, 0.1) is 5.82 Å². The Kier molecular flexibility index (Phi) is 11.4. The molecule has 0 bridgehead atoms. The van der Waals surface area contributed by atoms with Gasteiger partial charge in [-0.25, -0.2) is 12.8 Å². The average Bonchev–Trinajstić information content (AvgIpc) is 3.04. The molecule has 1 aliphatic carbocycles. The van der Waals surface area contributed by atoms with E-state index in [0.29, 0.717) is 13.0 Å². The number of alkyl halides is 3. The zero-order valence-electron chi connectivity index (χ0n) is 22.6. The summed E-state index contributed by atoms with van der Waals surface area (Å²) in [5.74, 6) is -1.06. The van der Waals surface area contributed by atoms with Crippen LogP contribution in [0.5, 0.6) is 5.75 Å². The van der Waals surface area contributed by atoms with Crippen LogP contribution in [-0.2, 0) is 16.3 Å². The molecule has 0 aromatic heterocycles. The molecule has 0 fully saturated rings. The summed E-state index contributed by atoms with van der Waals surface area (Å²) in [6.45, 7) is 1.33. The summed E-state index contributed by atoms with van der Waals surface area (Å²) >= 11 is 0. The zero-order valence-corrected chi connectivity index (χ0v) is 23.4. The number of hydrogen-bond acceptors (Lipinski definition) is 4. The van der Waals surface area contributed by atoms with E-state index < -0.39 is 28.2 Å². The Hall–Kier alpha value is -2.39. The third-order valence-corrected chi connectivity index (χ3v) is 8.99. The summed E-state index contributed by atoms with van der Waals surface area (Å²) in [7, 11) is -1.79. The molecular formula is C30H39F4NO3S. The number of fused-ring (bicyclic) bond motifs is 1. The van der Waals surface area contributed by atoms with Crippen molar-refractivity contribution in [1.82, 2.24) is 4.90 Å². The van der Waals surface area contributed by atoms with Gasteiger partial charge < -0.3 is 10.0 Å². The van der Waals surface area contributed by atoms with E-state index in [4.69, 9.17) is 0 Å². The third-order valence-electron chi connectivity index (χ3n) is 7.25. The van der Waals surface area contributed by atoms with E-state index in [1.54, 1.807) is 6.07 Å². The van der Waals surface area contributed by atoms with Crippen LogP contribution in [0.3, 0.4) is 0 Å². The Morgan fingerprint density at radius 2 is 1.59 bits per heavy atom. The van der Waals surface area contributed by atoms with Crippen molar-refractivity contribution < 1.29 is 31.1 Å². The molecule has 9 heteroatoms. The molecule has 3 rings (SSSR count). The molecule has 0 aliphatic heterocycles. The number of unbranched alkanes of at least 4 members (excludes halogenated alkanes) is 3. The predicted molar refractivity (Wildman–Crippen MR) is 149 cm³/mol. The van der Waals surface area contributed by atoms with E-state index in [0.717, 1.165) is 74.6 Å². The van der Waals surface area contributed by atoms with Crippen LogP contribution in [-0.4, -0.2) is 56.2 Å². The van der Waals surface area contributed by atoms with Gasteiger partial charge in [0.2, 0.25) is 0 Å². The third kappa shape index (κ3) is 10.6. The van der Waals surface area contributed by atoms with Gasteiger partial charge in [0.1, 0.15) is 11.6 Å². The van der Waals surface area contributed by atoms with Crippen LogP contribution in [0.25, 0.3) is 11.1 Å². The number of hydrogen-bond donors (Lipinski definition) is 1. The Labute approximate surface area is 229 Å². The molecule has 0 amide bonds. The lowest BCUT2D eigenvalue weighted by Gasteiger charge is -2.17. The summed E-state index contributed by atoms with van der Waals surface area (Å²) in [6.07, 6.45) is 2.18. The second kappa shape index (κ2) is 14.3. The van der Waals surface area contributed by atoms with E-state index in [2.05, 4.69) is 0 Å². The Morgan fingerprint density at radius 1 is 0.897 bits per heavy atom. The quantitative estimate of drug-likeness (QED) is 0.190. The van der Waals surface area contributed by atoms with Crippen molar-refractivity contribution in [2.24, 2.45) is 0 Å². The van der Waals surface area contributed by atoms with Crippen molar-refractivity contribution in [3.05, 3.63) is 65.0 Å². The van der Waals surface area contributed by atoms with E-state index >= 15 is 0 Å². The molecule has 2 aromatic rings. The molecule has 2 aromatic carbocycles. The van der Waals surface area contributed by atoms with Crippen molar-refractivity contribution in [2.75, 3.05) is 31.6 Å². The van der Waals surface area contributed by atoms with Crippen molar-refractivity contribution in [1.29, 1.82) is 0 Å². The van der Waals surface area contributed by atoms with Gasteiger partial charge in [0.05, 0.1) is 17.9 Å². The molecule has 0 saturated heterocycles. The standard InChI is InChI=1S/C30H39F4NO3S/c1-35(19-7-20-39(37,38)21-17-30(32,33)34)18-5-3-2-4-9-29-27(23-11-13-25(31)14-12-23)10-6-8-24-22-26(36)15-16-28(24)29/h11-16,22,36H,2-10,17-21H2,1H3. The van der Waals surface area contributed by atoms with Crippen molar-refractivity contribution >= 4 is 21.0 Å². The maximum atomic E-state index is 13.6. The zero-order chi connectivity index (χ0) is 28.5. The average molecular weight is 570 g/mol. The SMILES string of the molecule is CN(CCCCCCC1=C(c2ccc(F)cc2)CCCc2cc(O)ccc21)CCCS(=O)(=O)CCC(F)(F)F. The first-order valence-electron chi connectivity index (χ1n) is 13.7. The van der Waals surface area contributed by atoms with Gasteiger partial charge in [0, 0.05) is 0 Å². The molecule has 0 atom stereocenters. The van der Waals surface area contributed by atoms with Crippen molar-refractivity contribution in [2.45, 2.75) is 70.4 Å². The number of halogens is 4. The Morgan fingerprint density at radius 3 is 2.31 bits per heavy atom. The second-order valence-corrected chi connectivity index (χ2v) is 12.8. The fraction of sp³-hybridized carbons (Fsp3) is 0.533. The van der Waals surface area contributed by atoms with Gasteiger partial charge in [-0.15, -0.1) is 0 Å². The number of allylic oxidation sites excluding steroid dienone is 2. The van der Waals surface area contributed by atoms with Gasteiger partial charge >= 0.3 is 6.18 Å². The Balaban J connectivity index is 1.48. The van der Waals surface area contributed by atoms with Crippen LogP contribution in [0.15, 0.2) is 42.5 Å². The summed E-state index contributed by atoms with van der Waals surface area (Å²) in [4.78, 5) is 2.03. The smallest absolute Gasteiger partial charge is 0.390 e. The summed E-state index contributed by atoms with van der Waals surface area (Å²) < 4.78 is 74.0. The fourth-order valence-corrected chi connectivity index (χ4v) is 6.50. The predicted octanol–water partition coefficient (Wildman–Crippen LogP) is 7.42. The van der Waals surface area contributed by atoms with E-state index in [1.165, 1.54) is 23.3 Å². The molecule has 0 heterocycles. The summed E-state index contributed by atoms with van der Waals surface area (Å²) in [5, 5.41) is 10.0.